The Morgan fingerprint density at radius 3 is 3.00 bits per heavy atom. The van der Waals surface area contributed by atoms with Crippen LogP contribution in [0.3, 0.4) is 0 Å². The average molecular weight is 365 g/mol. The molecule has 7 heteroatoms. The second kappa shape index (κ2) is 5.72. The summed E-state index contributed by atoms with van der Waals surface area (Å²) < 4.78 is 8.57. The highest BCUT2D eigenvalue weighted by molar-refractivity contribution is 9.10. The van der Waals surface area contributed by atoms with Gasteiger partial charge >= 0.3 is 0 Å². The number of rotatable bonds is 3. The molecule has 0 N–H and O–H groups in total. The van der Waals surface area contributed by atoms with Gasteiger partial charge in [-0.1, -0.05) is 21.1 Å². The van der Waals surface area contributed by atoms with Crippen LogP contribution in [0.25, 0.3) is 0 Å². The van der Waals surface area contributed by atoms with E-state index in [2.05, 4.69) is 26.2 Å². The van der Waals surface area contributed by atoms with E-state index in [0.717, 1.165) is 15.9 Å². The van der Waals surface area contributed by atoms with Gasteiger partial charge in [0.05, 0.1) is 25.0 Å². The maximum Gasteiger partial charge on any atom is 0.229 e. The van der Waals surface area contributed by atoms with Crippen LogP contribution in [-0.2, 0) is 11.3 Å². The molecule has 1 amide bonds. The summed E-state index contributed by atoms with van der Waals surface area (Å²) in [5.74, 6) is 0.773. The number of halogens is 1. The highest BCUT2D eigenvalue weighted by Gasteiger charge is 2.34. The molecule has 0 atom stereocenters. The Bertz CT molecular complexity index is 685. The summed E-state index contributed by atoms with van der Waals surface area (Å²) in [6, 6.07) is 5.72. The first-order valence-electron chi connectivity index (χ1n) is 7.08. The Kier molecular flexibility index (Phi) is 3.90. The Morgan fingerprint density at radius 1 is 1.45 bits per heavy atom. The number of fused-ring (bicyclic) bond motifs is 1. The van der Waals surface area contributed by atoms with E-state index < -0.39 is 5.60 Å². The SMILES string of the molecule is CC1(C)CN(C(=O)CCn2ccnn2)c2ccc(Br)cc2O1. The number of amides is 1. The van der Waals surface area contributed by atoms with Gasteiger partial charge in [-0.3, -0.25) is 9.48 Å². The van der Waals surface area contributed by atoms with Gasteiger partial charge in [-0.2, -0.15) is 0 Å². The van der Waals surface area contributed by atoms with E-state index in [9.17, 15) is 4.79 Å². The number of anilines is 1. The fourth-order valence-corrected chi connectivity index (χ4v) is 2.85. The van der Waals surface area contributed by atoms with E-state index in [1.807, 2.05) is 32.0 Å². The summed E-state index contributed by atoms with van der Waals surface area (Å²) in [6.45, 7) is 5.00. The van der Waals surface area contributed by atoms with Gasteiger partial charge < -0.3 is 9.64 Å². The lowest BCUT2D eigenvalue weighted by Crippen LogP contribution is -2.49. The highest BCUT2D eigenvalue weighted by Crippen LogP contribution is 2.39. The van der Waals surface area contributed by atoms with Gasteiger partial charge in [0.15, 0.2) is 0 Å². The molecular weight excluding hydrogens is 348 g/mol. The minimum absolute atomic E-state index is 0.0513. The number of carbonyl (C=O) groups excluding carboxylic acids is 1. The smallest absolute Gasteiger partial charge is 0.229 e. The number of aromatic nitrogens is 3. The van der Waals surface area contributed by atoms with Gasteiger partial charge in [0.1, 0.15) is 11.4 Å². The molecule has 1 aromatic carbocycles. The van der Waals surface area contributed by atoms with E-state index >= 15 is 0 Å². The maximum atomic E-state index is 12.6. The molecule has 1 aliphatic rings. The zero-order valence-corrected chi connectivity index (χ0v) is 14.1. The van der Waals surface area contributed by atoms with Crippen LogP contribution in [0, 0.1) is 0 Å². The fraction of sp³-hybridized carbons (Fsp3) is 0.400. The summed E-state index contributed by atoms with van der Waals surface area (Å²) in [5.41, 5.74) is 0.391. The third-order valence-electron chi connectivity index (χ3n) is 3.47. The lowest BCUT2D eigenvalue weighted by atomic mass is 10.0. The molecule has 116 valence electrons. The standard InChI is InChI=1S/C15H17BrN4O2/c1-15(2)10-20(12-4-3-11(16)9-13(12)22-15)14(21)5-7-19-8-6-17-18-19/h3-4,6,8-9H,5,7,10H2,1-2H3. The number of hydrogen-bond acceptors (Lipinski definition) is 4. The van der Waals surface area contributed by atoms with Crippen LogP contribution >= 0.6 is 15.9 Å². The van der Waals surface area contributed by atoms with E-state index in [4.69, 9.17) is 4.74 Å². The van der Waals surface area contributed by atoms with Crippen LogP contribution in [0.4, 0.5) is 5.69 Å². The lowest BCUT2D eigenvalue weighted by Gasteiger charge is -2.39. The largest absolute Gasteiger partial charge is 0.484 e. The minimum atomic E-state index is -0.420. The van der Waals surface area contributed by atoms with Crippen molar-refractivity contribution in [3.63, 3.8) is 0 Å². The van der Waals surface area contributed by atoms with Gasteiger partial charge in [0, 0.05) is 17.1 Å². The number of aryl methyl sites for hydroxylation is 1. The first-order valence-corrected chi connectivity index (χ1v) is 7.87. The average Bonchev–Trinajstić information content (AvgIpc) is 2.95. The molecule has 0 saturated carbocycles. The van der Waals surface area contributed by atoms with Crippen LogP contribution in [0.2, 0.25) is 0 Å². The minimum Gasteiger partial charge on any atom is -0.484 e. The quantitative estimate of drug-likeness (QED) is 0.839. The van der Waals surface area contributed by atoms with Crippen molar-refractivity contribution in [2.24, 2.45) is 0 Å². The molecule has 1 aromatic heterocycles. The van der Waals surface area contributed by atoms with Crippen LogP contribution in [-0.4, -0.2) is 33.0 Å². The van der Waals surface area contributed by atoms with Crippen LogP contribution in [0.15, 0.2) is 35.1 Å². The Morgan fingerprint density at radius 2 is 2.27 bits per heavy atom. The van der Waals surface area contributed by atoms with Crippen molar-refractivity contribution in [1.29, 1.82) is 0 Å². The maximum absolute atomic E-state index is 12.6. The Balaban J connectivity index is 1.81. The fourth-order valence-electron chi connectivity index (χ4n) is 2.51. The topological polar surface area (TPSA) is 60.2 Å². The van der Waals surface area contributed by atoms with Crippen molar-refractivity contribution in [3.8, 4) is 5.75 Å². The number of nitrogens with zero attached hydrogens (tertiary/aromatic N) is 4. The molecule has 0 fully saturated rings. The van der Waals surface area contributed by atoms with Crippen molar-refractivity contribution < 1.29 is 9.53 Å². The molecule has 2 heterocycles. The van der Waals surface area contributed by atoms with Crippen molar-refractivity contribution in [2.45, 2.75) is 32.4 Å². The summed E-state index contributed by atoms with van der Waals surface area (Å²) in [6.07, 6.45) is 3.73. The molecular formula is C15H17BrN4O2. The van der Waals surface area contributed by atoms with Gasteiger partial charge in [0.25, 0.3) is 0 Å². The Hall–Kier alpha value is -1.89. The second-order valence-corrected chi connectivity index (χ2v) is 6.79. The van der Waals surface area contributed by atoms with Gasteiger partial charge in [0.2, 0.25) is 5.91 Å². The van der Waals surface area contributed by atoms with Gasteiger partial charge in [-0.25, -0.2) is 0 Å². The van der Waals surface area contributed by atoms with Gasteiger partial charge in [-0.05, 0) is 32.0 Å². The molecule has 0 saturated heterocycles. The first-order chi connectivity index (χ1) is 10.4. The summed E-state index contributed by atoms with van der Waals surface area (Å²) in [4.78, 5) is 14.4. The number of carbonyl (C=O) groups is 1. The van der Waals surface area contributed by atoms with Crippen LogP contribution < -0.4 is 9.64 Å². The monoisotopic (exact) mass is 364 g/mol. The molecule has 0 bridgehead atoms. The highest BCUT2D eigenvalue weighted by atomic mass is 79.9. The Labute approximate surface area is 137 Å². The predicted molar refractivity (Wildman–Crippen MR) is 85.8 cm³/mol. The molecule has 0 aliphatic carbocycles. The molecule has 6 nitrogen and oxygen atoms in total. The normalized spacial score (nSPS) is 16.0. The molecule has 3 rings (SSSR count). The third-order valence-corrected chi connectivity index (χ3v) is 3.96. The zero-order chi connectivity index (χ0) is 15.7. The number of benzene rings is 1. The van der Waals surface area contributed by atoms with E-state index in [-0.39, 0.29) is 5.91 Å². The van der Waals surface area contributed by atoms with Crippen LogP contribution in [0.1, 0.15) is 20.3 Å². The lowest BCUT2D eigenvalue weighted by molar-refractivity contribution is -0.119. The van der Waals surface area contributed by atoms with E-state index in [1.165, 1.54) is 0 Å². The summed E-state index contributed by atoms with van der Waals surface area (Å²) in [7, 11) is 0. The third kappa shape index (κ3) is 3.14. The zero-order valence-electron chi connectivity index (χ0n) is 12.5. The molecule has 0 spiro atoms. The van der Waals surface area contributed by atoms with Crippen molar-refractivity contribution in [1.82, 2.24) is 15.0 Å². The summed E-state index contributed by atoms with van der Waals surface area (Å²) >= 11 is 3.44. The van der Waals surface area contributed by atoms with Crippen molar-refractivity contribution in [3.05, 3.63) is 35.1 Å². The molecule has 2 aromatic rings. The van der Waals surface area contributed by atoms with Gasteiger partial charge in [-0.15, -0.1) is 5.10 Å². The van der Waals surface area contributed by atoms with E-state index in [0.29, 0.717) is 19.5 Å². The van der Waals surface area contributed by atoms with Crippen molar-refractivity contribution >= 4 is 27.5 Å². The van der Waals surface area contributed by atoms with Crippen LogP contribution in [0.5, 0.6) is 5.75 Å². The molecule has 0 radical (unpaired) electrons. The number of ether oxygens (including phenoxy) is 1. The summed E-state index contributed by atoms with van der Waals surface area (Å²) in [5, 5.41) is 7.63. The molecule has 0 unspecified atom stereocenters. The second-order valence-electron chi connectivity index (χ2n) is 5.87. The molecule has 1 aliphatic heterocycles. The predicted octanol–water partition coefficient (Wildman–Crippen LogP) is 2.63. The first kappa shape index (κ1) is 15.0. The number of hydrogen-bond donors (Lipinski definition) is 0. The van der Waals surface area contributed by atoms with E-state index in [1.54, 1.807) is 22.0 Å². The molecule has 22 heavy (non-hydrogen) atoms. The van der Waals surface area contributed by atoms with Crippen molar-refractivity contribution in [2.75, 3.05) is 11.4 Å².